The zero-order chi connectivity index (χ0) is 16.0. The van der Waals surface area contributed by atoms with Gasteiger partial charge >= 0.3 is 11.5 Å². The fourth-order valence-electron chi connectivity index (χ4n) is 1.67. The number of carbonyl (C=O) groups is 1. The summed E-state index contributed by atoms with van der Waals surface area (Å²) in [5.41, 5.74) is 1.56. The first-order valence-corrected chi connectivity index (χ1v) is 6.79. The van der Waals surface area contributed by atoms with Crippen LogP contribution in [0, 0.1) is 11.3 Å². The third-order valence-corrected chi connectivity index (χ3v) is 3.32. The predicted molar refractivity (Wildman–Crippen MR) is 71.3 cm³/mol. The molecule has 0 aliphatic heterocycles. The molecule has 0 saturated carbocycles. The zero-order valence-electron chi connectivity index (χ0n) is 11.2. The summed E-state index contributed by atoms with van der Waals surface area (Å²) in [7, 11) is 0. The second-order valence-corrected chi connectivity index (χ2v) is 5.07. The number of nitrogens with two attached hydrogens (primary N) is 1. The Morgan fingerprint density at radius 1 is 1.43 bits per heavy atom. The molecule has 0 amide bonds. The zero-order valence-corrected chi connectivity index (χ0v) is 12.0. The SMILES string of the molecule is CCOC(=O)Cc1cc(CN)c(C#N)cc1SC(F)(F)F. The summed E-state index contributed by atoms with van der Waals surface area (Å²) in [4.78, 5) is 11.3. The van der Waals surface area contributed by atoms with E-state index < -0.39 is 11.5 Å². The lowest BCUT2D eigenvalue weighted by Gasteiger charge is -2.13. The van der Waals surface area contributed by atoms with Crippen LogP contribution in [-0.2, 0) is 22.5 Å². The van der Waals surface area contributed by atoms with Crippen molar-refractivity contribution in [2.24, 2.45) is 5.73 Å². The van der Waals surface area contributed by atoms with Gasteiger partial charge in [-0.3, -0.25) is 4.79 Å². The van der Waals surface area contributed by atoms with E-state index in [2.05, 4.69) is 0 Å². The summed E-state index contributed by atoms with van der Waals surface area (Å²) >= 11 is -0.364. The first-order chi connectivity index (χ1) is 9.80. The maximum absolute atomic E-state index is 12.6. The molecule has 1 rings (SSSR count). The fourth-order valence-corrected chi connectivity index (χ4v) is 2.36. The molecule has 0 radical (unpaired) electrons. The third-order valence-electron chi connectivity index (χ3n) is 2.49. The van der Waals surface area contributed by atoms with Gasteiger partial charge < -0.3 is 10.5 Å². The van der Waals surface area contributed by atoms with Gasteiger partial charge in [-0.15, -0.1) is 0 Å². The van der Waals surface area contributed by atoms with Crippen molar-refractivity contribution in [3.05, 3.63) is 28.8 Å². The molecular weight excluding hydrogens is 305 g/mol. The largest absolute Gasteiger partial charge is 0.466 e. The summed E-state index contributed by atoms with van der Waals surface area (Å²) in [6.07, 6.45) is -0.301. The summed E-state index contributed by atoms with van der Waals surface area (Å²) in [5, 5.41) is 8.94. The maximum atomic E-state index is 12.6. The van der Waals surface area contributed by atoms with Gasteiger partial charge in [-0.05, 0) is 35.9 Å². The monoisotopic (exact) mass is 318 g/mol. The summed E-state index contributed by atoms with van der Waals surface area (Å²) < 4.78 is 42.4. The molecule has 0 bridgehead atoms. The number of ether oxygens (including phenoxy) is 1. The van der Waals surface area contributed by atoms with E-state index in [0.29, 0.717) is 5.56 Å². The number of rotatable bonds is 5. The molecule has 0 aliphatic carbocycles. The highest BCUT2D eigenvalue weighted by Crippen LogP contribution is 2.39. The van der Waals surface area contributed by atoms with Crippen molar-refractivity contribution >= 4 is 17.7 Å². The number of halogens is 3. The second kappa shape index (κ2) is 7.33. The Balaban J connectivity index is 3.23. The lowest BCUT2D eigenvalue weighted by molar-refractivity contribution is -0.142. The first-order valence-electron chi connectivity index (χ1n) is 5.98. The van der Waals surface area contributed by atoms with Crippen LogP contribution in [0.25, 0.3) is 0 Å². The van der Waals surface area contributed by atoms with Crippen molar-refractivity contribution < 1.29 is 22.7 Å². The molecule has 1 aromatic carbocycles. The standard InChI is InChI=1S/C13H13F3N2O2S/c1-2-20-12(19)5-8-3-9(6-17)10(7-18)4-11(8)21-13(14,15)16/h3-4H,2,5-6,17H2,1H3. The van der Waals surface area contributed by atoms with Gasteiger partial charge in [0, 0.05) is 11.4 Å². The van der Waals surface area contributed by atoms with Crippen molar-refractivity contribution in [3.63, 3.8) is 0 Å². The molecule has 0 aromatic heterocycles. The molecule has 8 heteroatoms. The number of nitriles is 1. The Kier molecular flexibility index (Phi) is 6.05. The molecule has 0 unspecified atom stereocenters. The fraction of sp³-hybridized carbons (Fsp3) is 0.385. The number of carbonyl (C=O) groups excluding carboxylic acids is 1. The van der Waals surface area contributed by atoms with Gasteiger partial charge in [-0.1, -0.05) is 6.07 Å². The highest BCUT2D eigenvalue weighted by molar-refractivity contribution is 8.00. The van der Waals surface area contributed by atoms with Gasteiger partial charge in [0.25, 0.3) is 0 Å². The molecule has 0 fully saturated rings. The first kappa shape index (κ1) is 17.3. The van der Waals surface area contributed by atoms with Crippen LogP contribution in [0.1, 0.15) is 23.6 Å². The van der Waals surface area contributed by atoms with E-state index in [1.807, 2.05) is 0 Å². The molecule has 21 heavy (non-hydrogen) atoms. The van der Waals surface area contributed by atoms with E-state index in [9.17, 15) is 18.0 Å². The topological polar surface area (TPSA) is 76.1 Å². The maximum Gasteiger partial charge on any atom is 0.446 e. The normalized spacial score (nSPS) is 11.0. The summed E-state index contributed by atoms with van der Waals surface area (Å²) in [6, 6.07) is 4.26. The van der Waals surface area contributed by atoms with Gasteiger partial charge in [0.1, 0.15) is 0 Å². The number of esters is 1. The molecule has 2 N–H and O–H groups in total. The molecule has 0 spiro atoms. The van der Waals surface area contributed by atoms with E-state index in [-0.39, 0.29) is 47.4 Å². The van der Waals surface area contributed by atoms with E-state index in [1.54, 1.807) is 13.0 Å². The molecule has 0 heterocycles. The van der Waals surface area contributed by atoms with E-state index in [4.69, 9.17) is 15.7 Å². The average molecular weight is 318 g/mol. The minimum absolute atomic E-state index is 0.00428. The van der Waals surface area contributed by atoms with Crippen molar-refractivity contribution in [1.82, 2.24) is 0 Å². The Morgan fingerprint density at radius 3 is 2.57 bits per heavy atom. The van der Waals surface area contributed by atoms with Crippen LogP contribution >= 0.6 is 11.8 Å². The quantitative estimate of drug-likeness (QED) is 0.667. The Labute approximate surface area is 124 Å². The molecular formula is C13H13F3N2O2S. The van der Waals surface area contributed by atoms with Crippen molar-refractivity contribution in [2.75, 3.05) is 6.61 Å². The van der Waals surface area contributed by atoms with Crippen LogP contribution in [-0.4, -0.2) is 18.1 Å². The highest BCUT2D eigenvalue weighted by Gasteiger charge is 2.31. The molecule has 0 saturated heterocycles. The number of hydrogen-bond acceptors (Lipinski definition) is 5. The Morgan fingerprint density at radius 2 is 2.10 bits per heavy atom. The highest BCUT2D eigenvalue weighted by atomic mass is 32.2. The van der Waals surface area contributed by atoms with Crippen LogP contribution in [0.15, 0.2) is 17.0 Å². The van der Waals surface area contributed by atoms with Crippen molar-refractivity contribution in [2.45, 2.75) is 30.3 Å². The van der Waals surface area contributed by atoms with E-state index >= 15 is 0 Å². The molecule has 114 valence electrons. The van der Waals surface area contributed by atoms with Crippen LogP contribution in [0.5, 0.6) is 0 Å². The minimum Gasteiger partial charge on any atom is -0.466 e. The van der Waals surface area contributed by atoms with Crippen LogP contribution in [0.3, 0.4) is 0 Å². The minimum atomic E-state index is -4.51. The second-order valence-electron chi connectivity index (χ2n) is 3.96. The average Bonchev–Trinajstić information content (AvgIpc) is 2.38. The number of benzene rings is 1. The number of alkyl halides is 3. The summed E-state index contributed by atoms with van der Waals surface area (Å²) in [5.74, 6) is -0.630. The van der Waals surface area contributed by atoms with Crippen molar-refractivity contribution in [1.29, 1.82) is 5.26 Å². The van der Waals surface area contributed by atoms with Gasteiger partial charge in [-0.25, -0.2) is 0 Å². The number of nitrogens with zero attached hydrogens (tertiary/aromatic N) is 1. The lowest BCUT2D eigenvalue weighted by Crippen LogP contribution is -2.11. The lowest BCUT2D eigenvalue weighted by atomic mass is 10.0. The van der Waals surface area contributed by atoms with E-state index in [0.717, 1.165) is 6.07 Å². The molecule has 0 aliphatic rings. The smallest absolute Gasteiger partial charge is 0.446 e. The Hall–Kier alpha value is -1.72. The van der Waals surface area contributed by atoms with Gasteiger partial charge in [0.15, 0.2) is 0 Å². The van der Waals surface area contributed by atoms with Crippen LogP contribution in [0.4, 0.5) is 13.2 Å². The van der Waals surface area contributed by atoms with Crippen molar-refractivity contribution in [3.8, 4) is 6.07 Å². The number of hydrogen-bond donors (Lipinski definition) is 1. The summed E-state index contributed by atoms with van der Waals surface area (Å²) in [6.45, 7) is 1.74. The number of thioether (sulfide) groups is 1. The molecule has 4 nitrogen and oxygen atoms in total. The van der Waals surface area contributed by atoms with Crippen LogP contribution < -0.4 is 5.73 Å². The predicted octanol–water partition coefficient (Wildman–Crippen LogP) is 2.73. The van der Waals surface area contributed by atoms with Gasteiger partial charge in [-0.2, -0.15) is 18.4 Å². The van der Waals surface area contributed by atoms with Gasteiger partial charge in [0.2, 0.25) is 0 Å². The molecule has 0 atom stereocenters. The van der Waals surface area contributed by atoms with Crippen LogP contribution in [0.2, 0.25) is 0 Å². The van der Waals surface area contributed by atoms with Gasteiger partial charge in [0.05, 0.1) is 24.7 Å². The van der Waals surface area contributed by atoms with E-state index in [1.165, 1.54) is 6.07 Å². The molecule has 1 aromatic rings. The Bertz CT molecular complexity index is 568. The third kappa shape index (κ3) is 5.28.